The number of aryl methyl sites for hydroxylation is 1. The number of ketones is 1. The van der Waals surface area contributed by atoms with Gasteiger partial charge in [0, 0.05) is 40.5 Å². The minimum Gasteiger partial charge on any atom is -0.347 e. The van der Waals surface area contributed by atoms with Gasteiger partial charge in [0.25, 0.3) is 0 Å². The van der Waals surface area contributed by atoms with E-state index in [0.29, 0.717) is 5.78 Å². The highest BCUT2D eigenvalue weighted by Crippen LogP contribution is 2.69. The average Bonchev–Trinajstić information content (AvgIpc) is 2.80. The normalized spacial score (nSPS) is 20.2. The van der Waals surface area contributed by atoms with Crippen LogP contribution < -0.4 is 0 Å². The molecule has 3 heteroatoms. The molecule has 1 heterocycles. The van der Waals surface area contributed by atoms with E-state index in [1.165, 1.54) is 0 Å². The molecule has 130 valence electrons. The summed E-state index contributed by atoms with van der Waals surface area (Å²) >= 11 is 6.07. The summed E-state index contributed by atoms with van der Waals surface area (Å²) in [6.45, 7) is 11.8. The molecule has 1 aliphatic rings. The summed E-state index contributed by atoms with van der Waals surface area (Å²) in [6, 6.07) is 8.25. The minimum absolute atomic E-state index is 0.0708. The van der Waals surface area contributed by atoms with Crippen LogP contribution in [0, 0.1) is 16.7 Å². The van der Waals surface area contributed by atoms with Crippen LogP contribution in [-0.2, 0) is 6.54 Å². The molecule has 0 amide bonds. The third kappa shape index (κ3) is 2.69. The molecule has 1 aromatic carbocycles. The third-order valence-corrected chi connectivity index (χ3v) is 6.56. The summed E-state index contributed by atoms with van der Waals surface area (Å²) in [4.78, 5) is 13.2. The van der Waals surface area contributed by atoms with Crippen molar-refractivity contribution in [1.29, 1.82) is 0 Å². The smallest absolute Gasteiger partial charge is 0.169 e. The standard InChI is InChI=1S/C21H28ClNO/c1-14(22)9-8-12-23-13-16(15-10-6-7-11-17(15)23)18(24)19-20(2,3)21(19,4)5/h6-7,10-11,13-14,19H,8-9,12H2,1-5H3. The molecular weight excluding hydrogens is 318 g/mol. The van der Waals surface area contributed by atoms with Crippen LogP contribution in [0.15, 0.2) is 30.5 Å². The average molecular weight is 346 g/mol. The van der Waals surface area contributed by atoms with Crippen molar-refractivity contribution in [3.05, 3.63) is 36.0 Å². The van der Waals surface area contributed by atoms with Gasteiger partial charge in [-0.15, -0.1) is 11.6 Å². The maximum absolute atomic E-state index is 13.2. The second-order valence-corrected chi connectivity index (χ2v) is 9.16. The molecule has 1 fully saturated rings. The number of benzene rings is 1. The number of aromatic nitrogens is 1. The van der Waals surface area contributed by atoms with Crippen LogP contribution in [0.3, 0.4) is 0 Å². The Kier molecular flexibility index (Phi) is 4.32. The van der Waals surface area contributed by atoms with Crippen LogP contribution in [0.5, 0.6) is 0 Å². The summed E-state index contributed by atoms with van der Waals surface area (Å²) in [5.41, 5.74) is 2.18. The lowest BCUT2D eigenvalue weighted by Gasteiger charge is -2.06. The number of hydrogen-bond acceptors (Lipinski definition) is 1. The van der Waals surface area contributed by atoms with E-state index < -0.39 is 0 Å². The van der Waals surface area contributed by atoms with Gasteiger partial charge in [-0.2, -0.15) is 0 Å². The van der Waals surface area contributed by atoms with Gasteiger partial charge < -0.3 is 4.57 Å². The molecule has 24 heavy (non-hydrogen) atoms. The molecule has 1 atom stereocenters. The van der Waals surface area contributed by atoms with Gasteiger partial charge in [0.1, 0.15) is 0 Å². The molecule has 0 bridgehead atoms. The van der Waals surface area contributed by atoms with E-state index in [2.05, 4.69) is 50.6 Å². The maximum atomic E-state index is 13.2. The topological polar surface area (TPSA) is 22.0 Å². The molecule has 0 aliphatic heterocycles. The molecule has 0 spiro atoms. The van der Waals surface area contributed by atoms with Crippen molar-refractivity contribution in [1.82, 2.24) is 4.57 Å². The molecule has 2 aromatic rings. The molecule has 3 rings (SSSR count). The Labute approximate surface area is 150 Å². The zero-order chi connectivity index (χ0) is 17.7. The van der Waals surface area contributed by atoms with E-state index in [1.807, 2.05) is 19.1 Å². The highest BCUT2D eigenvalue weighted by molar-refractivity contribution is 6.20. The second kappa shape index (κ2) is 5.91. The Balaban J connectivity index is 1.93. The first-order valence-electron chi connectivity index (χ1n) is 8.94. The van der Waals surface area contributed by atoms with E-state index in [4.69, 9.17) is 11.6 Å². The van der Waals surface area contributed by atoms with Gasteiger partial charge in [0.15, 0.2) is 5.78 Å². The van der Waals surface area contributed by atoms with E-state index in [0.717, 1.165) is 35.9 Å². The first kappa shape index (κ1) is 17.5. The maximum Gasteiger partial charge on any atom is 0.169 e. The van der Waals surface area contributed by atoms with Gasteiger partial charge >= 0.3 is 0 Å². The predicted molar refractivity (Wildman–Crippen MR) is 102 cm³/mol. The lowest BCUT2D eigenvalue weighted by Crippen LogP contribution is -2.07. The molecule has 1 unspecified atom stereocenters. The van der Waals surface area contributed by atoms with Crippen LogP contribution in [0.4, 0.5) is 0 Å². The van der Waals surface area contributed by atoms with E-state index in [-0.39, 0.29) is 22.1 Å². The molecule has 0 N–H and O–H groups in total. The molecule has 1 saturated carbocycles. The van der Waals surface area contributed by atoms with Crippen LogP contribution in [0.2, 0.25) is 0 Å². The van der Waals surface area contributed by atoms with Gasteiger partial charge in [0.2, 0.25) is 0 Å². The summed E-state index contributed by atoms with van der Waals surface area (Å²) < 4.78 is 2.23. The largest absolute Gasteiger partial charge is 0.347 e. The SMILES string of the molecule is CC(Cl)CCCn1cc(C(=O)C2C(C)(C)C2(C)C)c2ccccc21. The Hall–Kier alpha value is -1.28. The fourth-order valence-electron chi connectivity index (χ4n) is 4.18. The Bertz CT molecular complexity index is 755. The van der Waals surface area contributed by atoms with E-state index >= 15 is 0 Å². The molecule has 0 radical (unpaired) electrons. The number of carbonyl (C=O) groups is 1. The molecule has 1 aromatic heterocycles. The lowest BCUT2D eigenvalue weighted by atomic mass is 10.0. The van der Waals surface area contributed by atoms with Crippen molar-refractivity contribution in [3.8, 4) is 0 Å². The summed E-state index contributed by atoms with van der Waals surface area (Å²) in [5, 5.41) is 1.28. The summed E-state index contributed by atoms with van der Waals surface area (Å²) in [7, 11) is 0. The number of para-hydroxylation sites is 1. The summed E-state index contributed by atoms with van der Waals surface area (Å²) in [6.07, 6.45) is 4.08. The van der Waals surface area contributed by atoms with E-state index in [1.54, 1.807) is 0 Å². The van der Waals surface area contributed by atoms with Gasteiger partial charge in [-0.25, -0.2) is 0 Å². The summed E-state index contributed by atoms with van der Waals surface area (Å²) in [5.74, 6) is 0.401. The number of halogens is 1. The number of hydrogen-bond donors (Lipinski definition) is 0. The molecule has 0 saturated heterocycles. The number of Topliss-reactive ketones (excluding diaryl/α,β-unsaturated/α-hetero) is 1. The van der Waals surface area contributed by atoms with Gasteiger partial charge in [-0.3, -0.25) is 4.79 Å². The first-order valence-corrected chi connectivity index (χ1v) is 9.37. The molecule has 1 aliphatic carbocycles. The zero-order valence-electron chi connectivity index (χ0n) is 15.4. The molecular formula is C21H28ClNO. The highest BCUT2D eigenvalue weighted by atomic mass is 35.5. The Morgan fingerprint density at radius 1 is 1.21 bits per heavy atom. The highest BCUT2D eigenvalue weighted by Gasteiger charge is 2.68. The Morgan fingerprint density at radius 3 is 2.42 bits per heavy atom. The van der Waals surface area contributed by atoms with Crippen LogP contribution in [-0.4, -0.2) is 15.7 Å². The number of nitrogens with zero attached hydrogens (tertiary/aromatic N) is 1. The molecule has 2 nitrogen and oxygen atoms in total. The Morgan fingerprint density at radius 2 is 1.83 bits per heavy atom. The number of alkyl halides is 1. The van der Waals surface area contributed by atoms with Gasteiger partial charge in [-0.1, -0.05) is 45.9 Å². The van der Waals surface area contributed by atoms with Gasteiger partial charge in [-0.05, 0) is 36.7 Å². The lowest BCUT2D eigenvalue weighted by molar-refractivity contribution is 0.0946. The van der Waals surface area contributed by atoms with Crippen molar-refractivity contribution < 1.29 is 4.79 Å². The minimum atomic E-state index is 0.0708. The number of fused-ring (bicyclic) bond motifs is 1. The van der Waals surface area contributed by atoms with Crippen LogP contribution in [0.1, 0.15) is 57.8 Å². The third-order valence-electron chi connectivity index (χ3n) is 6.34. The van der Waals surface area contributed by atoms with Crippen molar-refractivity contribution in [2.45, 2.75) is 59.4 Å². The number of carbonyl (C=O) groups excluding carboxylic acids is 1. The van der Waals surface area contributed by atoms with Crippen molar-refractivity contribution >= 4 is 28.3 Å². The fourth-order valence-corrected chi connectivity index (χ4v) is 4.33. The second-order valence-electron chi connectivity index (χ2n) is 8.42. The zero-order valence-corrected chi connectivity index (χ0v) is 16.2. The van der Waals surface area contributed by atoms with Crippen LogP contribution >= 0.6 is 11.6 Å². The van der Waals surface area contributed by atoms with E-state index in [9.17, 15) is 4.79 Å². The fraction of sp³-hybridized carbons (Fsp3) is 0.571. The van der Waals surface area contributed by atoms with Crippen molar-refractivity contribution in [3.63, 3.8) is 0 Å². The van der Waals surface area contributed by atoms with Crippen molar-refractivity contribution in [2.24, 2.45) is 16.7 Å². The van der Waals surface area contributed by atoms with Crippen molar-refractivity contribution in [2.75, 3.05) is 0 Å². The quantitative estimate of drug-likeness (QED) is 0.471. The van der Waals surface area contributed by atoms with Crippen LogP contribution in [0.25, 0.3) is 10.9 Å². The number of rotatable bonds is 6. The predicted octanol–water partition coefficient (Wildman–Crippen LogP) is 5.91. The van der Waals surface area contributed by atoms with Gasteiger partial charge in [0.05, 0.1) is 0 Å². The first-order chi connectivity index (χ1) is 11.2. The monoisotopic (exact) mass is 345 g/mol.